The van der Waals surface area contributed by atoms with E-state index >= 15 is 0 Å². The van der Waals surface area contributed by atoms with E-state index in [1.165, 1.54) is 51.2 Å². The fourth-order valence-corrected chi connectivity index (χ4v) is 7.08. The van der Waals surface area contributed by atoms with Crippen LogP contribution in [0, 0.1) is 5.92 Å². The van der Waals surface area contributed by atoms with Crippen LogP contribution in [-0.2, 0) is 4.74 Å². The van der Waals surface area contributed by atoms with Gasteiger partial charge in [-0.2, -0.15) is 0 Å². The molecule has 2 aromatic heterocycles. The summed E-state index contributed by atoms with van der Waals surface area (Å²) in [6.07, 6.45) is 11.7. The second-order valence-corrected chi connectivity index (χ2v) is 14.3. The van der Waals surface area contributed by atoms with E-state index in [0.29, 0.717) is 23.6 Å². The first kappa shape index (κ1) is 40.7. The van der Waals surface area contributed by atoms with Crippen LogP contribution in [-0.4, -0.2) is 85.5 Å². The second kappa shape index (κ2) is 18.8. The Morgan fingerprint density at radius 2 is 1.03 bits per heavy atom. The molecule has 1 aliphatic carbocycles. The van der Waals surface area contributed by atoms with E-state index in [2.05, 4.69) is 40.6 Å². The van der Waals surface area contributed by atoms with Gasteiger partial charge in [-0.1, -0.05) is 67.8 Å². The van der Waals surface area contributed by atoms with Crippen LogP contribution in [0.5, 0.6) is 0 Å². The quantitative estimate of drug-likeness (QED) is 0.122. The van der Waals surface area contributed by atoms with Crippen molar-refractivity contribution in [3.8, 4) is 0 Å². The predicted molar refractivity (Wildman–Crippen MR) is 227 cm³/mol. The van der Waals surface area contributed by atoms with Crippen molar-refractivity contribution >= 4 is 68.2 Å². The van der Waals surface area contributed by atoms with Gasteiger partial charge in [0.05, 0.1) is 7.11 Å². The lowest BCUT2D eigenvalue weighted by Gasteiger charge is -2.21. The first-order valence-corrected chi connectivity index (χ1v) is 19.1. The lowest BCUT2D eigenvalue weighted by atomic mass is 9.89. The summed E-state index contributed by atoms with van der Waals surface area (Å²) in [6.45, 7) is 0.624. The minimum absolute atomic E-state index is 0.0439. The van der Waals surface area contributed by atoms with Crippen LogP contribution < -0.4 is 25.8 Å². The first-order chi connectivity index (χ1) is 28.1. The molecule has 14 heteroatoms. The first-order valence-electron chi connectivity index (χ1n) is 19.1. The van der Waals surface area contributed by atoms with Crippen LogP contribution in [0.15, 0.2) is 97.6 Å². The van der Waals surface area contributed by atoms with E-state index < -0.39 is 5.97 Å². The molecule has 0 radical (unpaired) electrons. The highest BCUT2D eigenvalue weighted by molar-refractivity contribution is 6.17. The molecule has 1 saturated carbocycles. The van der Waals surface area contributed by atoms with Crippen LogP contribution in [0.4, 0.5) is 23.0 Å². The SMILES string of the molecule is CN(C)c1ccc(C(=O)Nc2nccnc2C(=O)NCC2CCCCC2)c2ccccc12.COC(=O)c1nccnc1NC(=O)c1ccc(N(C)C)c2ccccc12. The maximum atomic E-state index is 13.2. The van der Waals surface area contributed by atoms with Gasteiger partial charge in [0.25, 0.3) is 17.7 Å². The Hall–Kier alpha value is -6.96. The number of esters is 1. The van der Waals surface area contributed by atoms with Crippen molar-refractivity contribution in [2.24, 2.45) is 5.92 Å². The number of carbonyl (C=O) groups is 4. The molecule has 4 aromatic carbocycles. The zero-order chi connectivity index (χ0) is 41.2. The minimum atomic E-state index is -0.666. The van der Waals surface area contributed by atoms with Gasteiger partial charge in [0.15, 0.2) is 23.0 Å². The van der Waals surface area contributed by atoms with Crippen molar-refractivity contribution in [1.29, 1.82) is 0 Å². The maximum absolute atomic E-state index is 13.2. The Balaban J connectivity index is 0.000000200. The monoisotopic (exact) mass is 781 g/mol. The summed E-state index contributed by atoms with van der Waals surface area (Å²) in [7, 11) is 9.09. The lowest BCUT2D eigenvalue weighted by molar-refractivity contribution is 0.0594. The molecule has 1 aliphatic rings. The molecule has 298 valence electrons. The Morgan fingerprint density at radius 1 is 0.586 bits per heavy atom. The molecular weight excluding hydrogens is 735 g/mol. The molecule has 0 unspecified atom stereocenters. The number of benzene rings is 4. The zero-order valence-electron chi connectivity index (χ0n) is 33.3. The van der Waals surface area contributed by atoms with Crippen molar-refractivity contribution in [2.75, 3.05) is 62.3 Å². The fraction of sp³-hybridized carbons (Fsp3) is 0.273. The number of amides is 3. The van der Waals surface area contributed by atoms with Crippen LogP contribution in [0.3, 0.4) is 0 Å². The number of rotatable bonds is 10. The standard InChI is InChI=1S/C25H29N5O2.C19H18N4O3/c1-30(2)21-13-12-20(18-10-6-7-11-19(18)21)24(31)29-23-22(26-14-15-27-23)25(32)28-16-17-8-4-3-5-9-17;1-23(2)15-9-8-14(12-6-4-5-7-13(12)15)18(24)22-17-16(19(25)26-3)20-10-11-21-17/h6-7,10-15,17H,3-5,8-9,16H2,1-2H3,(H,28,32)(H,27,29,31);4-11H,1-3H3,(H,21,22,24). The lowest BCUT2D eigenvalue weighted by Crippen LogP contribution is -2.32. The molecule has 14 nitrogen and oxygen atoms in total. The van der Waals surface area contributed by atoms with Crippen molar-refractivity contribution in [1.82, 2.24) is 25.3 Å². The molecule has 0 spiro atoms. The molecule has 0 aliphatic heterocycles. The van der Waals surface area contributed by atoms with Crippen molar-refractivity contribution in [3.05, 3.63) is 120 Å². The van der Waals surface area contributed by atoms with E-state index in [-0.39, 0.29) is 40.7 Å². The number of ether oxygens (including phenoxy) is 1. The van der Waals surface area contributed by atoms with Crippen molar-refractivity contribution in [2.45, 2.75) is 32.1 Å². The van der Waals surface area contributed by atoms with Gasteiger partial charge >= 0.3 is 5.97 Å². The van der Waals surface area contributed by atoms with E-state index in [4.69, 9.17) is 0 Å². The van der Waals surface area contributed by atoms with Crippen LogP contribution in [0.2, 0.25) is 0 Å². The van der Waals surface area contributed by atoms with E-state index in [9.17, 15) is 19.2 Å². The summed E-state index contributed by atoms with van der Waals surface area (Å²) < 4.78 is 4.68. The third kappa shape index (κ3) is 9.35. The largest absolute Gasteiger partial charge is 0.464 e. The molecule has 3 N–H and O–H groups in total. The predicted octanol–water partition coefficient (Wildman–Crippen LogP) is 6.99. The average Bonchev–Trinajstić information content (AvgIpc) is 3.25. The third-order valence-corrected chi connectivity index (χ3v) is 9.99. The summed E-state index contributed by atoms with van der Waals surface area (Å²) in [5, 5.41) is 12.0. The van der Waals surface area contributed by atoms with E-state index in [1.54, 1.807) is 12.1 Å². The van der Waals surface area contributed by atoms with Gasteiger partial charge in [0.1, 0.15) is 0 Å². The molecule has 7 rings (SSSR count). The van der Waals surface area contributed by atoms with Crippen LogP contribution in [0.1, 0.15) is 73.8 Å². The summed E-state index contributed by atoms with van der Waals surface area (Å²) in [5.74, 6) is -0.952. The van der Waals surface area contributed by atoms with E-state index in [0.717, 1.165) is 45.8 Å². The topological polar surface area (TPSA) is 172 Å². The number of nitrogens with one attached hydrogen (secondary N) is 3. The summed E-state index contributed by atoms with van der Waals surface area (Å²) in [5.41, 5.74) is 3.12. The Labute approximate surface area is 337 Å². The van der Waals surface area contributed by atoms with Gasteiger partial charge in [-0.15, -0.1) is 0 Å². The Morgan fingerprint density at radius 3 is 1.52 bits per heavy atom. The second-order valence-electron chi connectivity index (χ2n) is 14.3. The number of hydrogen-bond donors (Lipinski definition) is 3. The van der Waals surface area contributed by atoms with Crippen molar-refractivity contribution in [3.63, 3.8) is 0 Å². The maximum Gasteiger partial charge on any atom is 0.360 e. The molecule has 1 fully saturated rings. The van der Waals surface area contributed by atoms with Crippen molar-refractivity contribution < 1.29 is 23.9 Å². The number of anilines is 4. The molecule has 0 atom stereocenters. The average molecular weight is 782 g/mol. The van der Waals surface area contributed by atoms with Gasteiger partial charge in [-0.05, 0) is 53.8 Å². The number of carbonyl (C=O) groups excluding carboxylic acids is 4. The van der Waals surface area contributed by atoms with Gasteiger partial charge < -0.3 is 30.5 Å². The molecule has 6 aromatic rings. The van der Waals surface area contributed by atoms with Gasteiger partial charge in [0, 0.05) is 92.8 Å². The molecule has 3 amide bonds. The Kier molecular flexibility index (Phi) is 13.2. The summed E-state index contributed by atoms with van der Waals surface area (Å²) >= 11 is 0. The highest BCUT2D eigenvalue weighted by Gasteiger charge is 2.22. The number of nitrogens with zero attached hydrogens (tertiary/aromatic N) is 6. The smallest absolute Gasteiger partial charge is 0.360 e. The number of methoxy groups -OCH3 is 1. The summed E-state index contributed by atoms with van der Waals surface area (Å²) in [6, 6.07) is 22.8. The highest BCUT2D eigenvalue weighted by atomic mass is 16.5. The number of fused-ring (bicyclic) bond motifs is 2. The molecule has 0 bridgehead atoms. The normalized spacial score (nSPS) is 12.5. The van der Waals surface area contributed by atoms with Gasteiger partial charge in [-0.3, -0.25) is 14.4 Å². The zero-order valence-corrected chi connectivity index (χ0v) is 33.3. The van der Waals surface area contributed by atoms with E-state index in [1.807, 2.05) is 98.7 Å². The number of aromatic nitrogens is 4. The fourth-order valence-electron chi connectivity index (χ4n) is 7.08. The minimum Gasteiger partial charge on any atom is -0.464 e. The Bertz CT molecular complexity index is 2450. The van der Waals surface area contributed by atoms with Gasteiger partial charge in [0.2, 0.25) is 0 Å². The number of hydrogen-bond acceptors (Lipinski definition) is 11. The molecular formula is C44H47N9O5. The molecule has 0 saturated heterocycles. The van der Waals surface area contributed by atoms with Gasteiger partial charge in [-0.25, -0.2) is 24.7 Å². The van der Waals surface area contributed by atoms with Crippen LogP contribution >= 0.6 is 0 Å². The summed E-state index contributed by atoms with van der Waals surface area (Å²) in [4.78, 5) is 71.0. The highest BCUT2D eigenvalue weighted by Crippen LogP contribution is 2.31. The third-order valence-electron chi connectivity index (χ3n) is 9.99. The molecule has 2 heterocycles. The molecule has 58 heavy (non-hydrogen) atoms. The van der Waals surface area contributed by atoms with Crippen LogP contribution in [0.25, 0.3) is 21.5 Å².